The lowest BCUT2D eigenvalue weighted by molar-refractivity contribution is 0.244. The van der Waals surface area contributed by atoms with Crippen LogP contribution in [0.5, 0.6) is 5.75 Å². The number of benzene rings is 1. The minimum absolute atomic E-state index is 0.0528. The lowest BCUT2D eigenvalue weighted by atomic mass is 10.1. The summed E-state index contributed by atoms with van der Waals surface area (Å²) in [5, 5.41) is 4.33. The molecule has 6 nitrogen and oxygen atoms in total. The van der Waals surface area contributed by atoms with E-state index in [1.54, 1.807) is 0 Å². The van der Waals surface area contributed by atoms with Crippen molar-refractivity contribution in [3.63, 3.8) is 0 Å². The molecule has 3 aromatic rings. The maximum atomic E-state index is 6.02. The Balaban J connectivity index is 2.07. The number of rotatable bonds is 4. The van der Waals surface area contributed by atoms with Crippen LogP contribution in [0.1, 0.15) is 25.0 Å². The molecule has 0 aliphatic rings. The van der Waals surface area contributed by atoms with Crippen molar-refractivity contribution in [3.05, 3.63) is 35.8 Å². The minimum Gasteiger partial charge on any atom is -0.489 e. The van der Waals surface area contributed by atoms with E-state index < -0.39 is 0 Å². The maximum absolute atomic E-state index is 6.02. The van der Waals surface area contributed by atoms with E-state index in [0.29, 0.717) is 11.4 Å². The largest absolute Gasteiger partial charge is 0.489 e. The van der Waals surface area contributed by atoms with Crippen molar-refractivity contribution in [2.45, 2.75) is 33.8 Å². The number of aryl methyl sites for hydroxylation is 2. The van der Waals surface area contributed by atoms with Crippen molar-refractivity contribution in [3.8, 4) is 5.75 Å². The molecule has 0 bridgehead atoms. The summed E-state index contributed by atoms with van der Waals surface area (Å²) in [6.45, 7) is 7.96. The van der Waals surface area contributed by atoms with Gasteiger partial charge in [0.15, 0.2) is 0 Å². The molecule has 120 valence electrons. The molecule has 0 saturated carbocycles. The van der Waals surface area contributed by atoms with Crippen LogP contribution in [-0.2, 0) is 0 Å². The van der Waals surface area contributed by atoms with E-state index in [1.807, 2.05) is 46.0 Å². The van der Waals surface area contributed by atoms with E-state index in [4.69, 9.17) is 10.5 Å². The van der Waals surface area contributed by atoms with Crippen molar-refractivity contribution in [1.82, 2.24) is 15.0 Å². The van der Waals surface area contributed by atoms with Gasteiger partial charge in [-0.15, -0.1) is 0 Å². The van der Waals surface area contributed by atoms with Crippen LogP contribution in [0.25, 0.3) is 11.0 Å². The van der Waals surface area contributed by atoms with Gasteiger partial charge < -0.3 is 20.8 Å². The molecule has 0 aliphatic carbocycles. The number of anilines is 3. The molecule has 0 fully saturated rings. The maximum Gasteiger partial charge on any atom is 0.145 e. The van der Waals surface area contributed by atoms with Crippen LogP contribution < -0.4 is 15.8 Å². The van der Waals surface area contributed by atoms with Gasteiger partial charge in [0.1, 0.15) is 23.5 Å². The summed E-state index contributed by atoms with van der Waals surface area (Å²) in [4.78, 5) is 11.8. The third-order valence-electron chi connectivity index (χ3n) is 3.65. The lowest BCUT2D eigenvalue weighted by Gasteiger charge is -2.17. The van der Waals surface area contributed by atoms with Crippen LogP contribution in [0.4, 0.5) is 17.2 Å². The topological polar surface area (TPSA) is 88.8 Å². The Morgan fingerprint density at radius 1 is 1.17 bits per heavy atom. The highest BCUT2D eigenvalue weighted by Crippen LogP contribution is 2.34. The molecule has 0 spiro atoms. The predicted octanol–water partition coefficient (Wildman–Crippen LogP) is 3.69. The number of fused-ring (bicyclic) bond motifs is 1. The standard InChI is InChI=1S/C17H21N5O/c1-9(2)23-14-6-12(18)10(3)5-13(14)22-17-15-11(4)7-19-16(15)20-8-21-17/h5-9H,18H2,1-4H3,(H2,19,20,21,22). The molecule has 0 unspecified atom stereocenters. The monoisotopic (exact) mass is 311 g/mol. The third-order valence-corrected chi connectivity index (χ3v) is 3.65. The summed E-state index contributed by atoms with van der Waals surface area (Å²) >= 11 is 0. The molecule has 0 saturated heterocycles. The van der Waals surface area contributed by atoms with Crippen molar-refractivity contribution >= 4 is 28.2 Å². The average molecular weight is 311 g/mol. The highest BCUT2D eigenvalue weighted by molar-refractivity contribution is 5.92. The highest BCUT2D eigenvalue weighted by atomic mass is 16.5. The van der Waals surface area contributed by atoms with Gasteiger partial charge in [0.05, 0.1) is 17.2 Å². The number of hydrogen-bond acceptors (Lipinski definition) is 5. The quantitative estimate of drug-likeness (QED) is 0.639. The van der Waals surface area contributed by atoms with Crippen LogP contribution >= 0.6 is 0 Å². The third kappa shape index (κ3) is 2.92. The number of hydrogen-bond donors (Lipinski definition) is 3. The summed E-state index contributed by atoms with van der Waals surface area (Å²) in [5.74, 6) is 1.45. The molecule has 0 radical (unpaired) electrons. The second kappa shape index (κ2) is 5.79. The normalized spacial score (nSPS) is 11.2. The van der Waals surface area contributed by atoms with E-state index >= 15 is 0 Å². The molecule has 0 aliphatic heterocycles. The van der Waals surface area contributed by atoms with E-state index in [9.17, 15) is 0 Å². The van der Waals surface area contributed by atoms with E-state index in [2.05, 4.69) is 20.3 Å². The Morgan fingerprint density at radius 3 is 2.70 bits per heavy atom. The first-order chi connectivity index (χ1) is 11.0. The fourth-order valence-electron chi connectivity index (χ4n) is 2.49. The number of nitrogens with zero attached hydrogens (tertiary/aromatic N) is 2. The number of nitrogens with one attached hydrogen (secondary N) is 2. The molecule has 2 aromatic heterocycles. The molecule has 23 heavy (non-hydrogen) atoms. The zero-order chi connectivity index (χ0) is 16.6. The Hall–Kier alpha value is -2.76. The van der Waals surface area contributed by atoms with Crippen molar-refractivity contribution < 1.29 is 4.74 Å². The second-order valence-corrected chi connectivity index (χ2v) is 5.91. The predicted molar refractivity (Wildman–Crippen MR) is 93.3 cm³/mol. The van der Waals surface area contributed by atoms with Crippen LogP contribution in [0.3, 0.4) is 0 Å². The Kier molecular flexibility index (Phi) is 3.82. The van der Waals surface area contributed by atoms with Crippen LogP contribution in [0.2, 0.25) is 0 Å². The molecule has 3 rings (SSSR count). The van der Waals surface area contributed by atoms with Gasteiger partial charge in [-0.2, -0.15) is 0 Å². The first-order valence-electron chi connectivity index (χ1n) is 7.58. The molecule has 1 aromatic carbocycles. The number of aromatic nitrogens is 3. The zero-order valence-corrected chi connectivity index (χ0v) is 13.8. The van der Waals surface area contributed by atoms with E-state index in [0.717, 1.165) is 33.7 Å². The van der Waals surface area contributed by atoms with Crippen LogP contribution in [0, 0.1) is 13.8 Å². The van der Waals surface area contributed by atoms with E-state index in [-0.39, 0.29) is 6.10 Å². The molecule has 2 heterocycles. The number of nitrogens with two attached hydrogens (primary N) is 1. The highest BCUT2D eigenvalue weighted by Gasteiger charge is 2.13. The summed E-state index contributed by atoms with van der Waals surface area (Å²) in [6.07, 6.45) is 3.51. The first kappa shape index (κ1) is 15.1. The molecular weight excluding hydrogens is 290 g/mol. The fourth-order valence-corrected chi connectivity index (χ4v) is 2.49. The van der Waals surface area contributed by atoms with Gasteiger partial charge in [-0.25, -0.2) is 9.97 Å². The number of nitrogen functional groups attached to an aromatic ring is 1. The summed E-state index contributed by atoms with van der Waals surface area (Å²) in [6, 6.07) is 3.82. The fraction of sp³-hybridized carbons (Fsp3) is 0.294. The molecule has 4 N–H and O–H groups in total. The van der Waals surface area contributed by atoms with Crippen LogP contribution in [-0.4, -0.2) is 21.1 Å². The van der Waals surface area contributed by atoms with Crippen LogP contribution in [0.15, 0.2) is 24.7 Å². The van der Waals surface area contributed by atoms with Gasteiger partial charge in [0.25, 0.3) is 0 Å². The molecular formula is C17H21N5O. The summed E-state index contributed by atoms with van der Waals surface area (Å²) < 4.78 is 5.88. The Bertz CT molecular complexity index is 854. The van der Waals surface area contributed by atoms with Gasteiger partial charge in [-0.05, 0) is 44.9 Å². The van der Waals surface area contributed by atoms with Crippen molar-refractivity contribution in [1.29, 1.82) is 0 Å². The van der Waals surface area contributed by atoms with E-state index in [1.165, 1.54) is 6.33 Å². The number of ether oxygens (including phenoxy) is 1. The average Bonchev–Trinajstić information content (AvgIpc) is 2.86. The SMILES string of the molecule is Cc1cc(Nc2ncnc3[nH]cc(C)c23)c(OC(C)C)cc1N. The van der Waals surface area contributed by atoms with Gasteiger partial charge >= 0.3 is 0 Å². The van der Waals surface area contributed by atoms with Gasteiger partial charge in [-0.3, -0.25) is 0 Å². The summed E-state index contributed by atoms with van der Waals surface area (Å²) in [7, 11) is 0. The molecule has 0 amide bonds. The number of H-pyrrole nitrogens is 1. The Morgan fingerprint density at radius 2 is 1.96 bits per heavy atom. The van der Waals surface area contributed by atoms with Gasteiger partial charge in [0, 0.05) is 18.0 Å². The minimum atomic E-state index is 0.0528. The Labute approximate surface area is 135 Å². The zero-order valence-electron chi connectivity index (χ0n) is 13.8. The van der Waals surface area contributed by atoms with Gasteiger partial charge in [-0.1, -0.05) is 0 Å². The number of aromatic amines is 1. The van der Waals surface area contributed by atoms with Crippen molar-refractivity contribution in [2.24, 2.45) is 0 Å². The summed E-state index contributed by atoms with van der Waals surface area (Å²) in [5.41, 5.74) is 10.4. The van der Waals surface area contributed by atoms with Gasteiger partial charge in [0.2, 0.25) is 0 Å². The molecule has 0 atom stereocenters. The lowest BCUT2D eigenvalue weighted by Crippen LogP contribution is -2.09. The second-order valence-electron chi connectivity index (χ2n) is 5.91. The molecule has 6 heteroatoms. The smallest absolute Gasteiger partial charge is 0.145 e. The van der Waals surface area contributed by atoms with Crippen molar-refractivity contribution in [2.75, 3.05) is 11.1 Å². The first-order valence-corrected chi connectivity index (χ1v) is 7.58.